The van der Waals surface area contributed by atoms with Gasteiger partial charge in [-0.25, -0.2) is 4.39 Å². The molecule has 2 unspecified atom stereocenters. The largest absolute Gasteiger partial charge is 0.399 e. The minimum Gasteiger partial charge on any atom is -0.399 e. The van der Waals surface area contributed by atoms with E-state index in [1.165, 1.54) is 6.07 Å². The number of thioether (sulfide) groups is 1. The van der Waals surface area contributed by atoms with E-state index in [1.807, 2.05) is 24.3 Å². The van der Waals surface area contributed by atoms with Gasteiger partial charge in [0.25, 0.3) is 0 Å². The Bertz CT molecular complexity index is 868. The number of halogens is 1. The van der Waals surface area contributed by atoms with Gasteiger partial charge >= 0.3 is 0 Å². The molecule has 2 N–H and O–H groups in total. The van der Waals surface area contributed by atoms with Crippen molar-refractivity contribution < 1.29 is 4.39 Å². The van der Waals surface area contributed by atoms with Gasteiger partial charge in [0.1, 0.15) is 11.9 Å². The molecule has 0 saturated heterocycles. The third kappa shape index (κ3) is 2.10. The second-order valence-corrected chi connectivity index (χ2v) is 6.81. The number of rotatable bonds is 1. The zero-order valence-electron chi connectivity index (χ0n) is 12.7. The van der Waals surface area contributed by atoms with Gasteiger partial charge in [0, 0.05) is 23.3 Å². The van der Waals surface area contributed by atoms with Crippen molar-refractivity contribution in [3.8, 4) is 18.2 Å². The van der Waals surface area contributed by atoms with Crippen molar-refractivity contribution in [1.82, 2.24) is 0 Å². The van der Waals surface area contributed by atoms with E-state index in [-0.39, 0.29) is 17.2 Å². The number of benzene rings is 1. The SMILES string of the molecule is N#CC1=C(N)C(C#N)(C#N)C(c2ccccc2F)C2CSCC=C12. The molecule has 4 nitrogen and oxygen atoms in total. The second-order valence-electron chi connectivity index (χ2n) is 5.73. The minimum absolute atomic E-state index is 0.0716. The van der Waals surface area contributed by atoms with Crippen LogP contribution in [0.3, 0.4) is 0 Å². The predicted molar refractivity (Wildman–Crippen MR) is 88.5 cm³/mol. The standard InChI is InChI=1S/C18H13FN4S/c19-15-4-2-1-3-12(15)16-14-8-24-6-5-11(14)13(7-20)17(23)18(16,9-21)10-22/h1-5,14,16H,6,8,23H2. The first-order chi connectivity index (χ1) is 11.6. The number of nitrogens with zero attached hydrogens (tertiary/aromatic N) is 3. The van der Waals surface area contributed by atoms with Crippen LogP contribution in [0, 0.1) is 51.1 Å². The average molecular weight is 336 g/mol. The molecule has 0 bridgehead atoms. The van der Waals surface area contributed by atoms with Crippen LogP contribution in [0.5, 0.6) is 0 Å². The van der Waals surface area contributed by atoms with Crippen molar-refractivity contribution in [2.24, 2.45) is 17.1 Å². The third-order valence-corrected chi connectivity index (χ3v) is 5.67. The lowest BCUT2D eigenvalue weighted by molar-refractivity contribution is 0.357. The summed E-state index contributed by atoms with van der Waals surface area (Å²) in [6.45, 7) is 0. The van der Waals surface area contributed by atoms with Gasteiger partial charge in [-0.3, -0.25) is 0 Å². The molecule has 3 rings (SSSR count). The van der Waals surface area contributed by atoms with Crippen LogP contribution >= 0.6 is 11.8 Å². The van der Waals surface area contributed by atoms with Crippen molar-refractivity contribution in [1.29, 1.82) is 15.8 Å². The molecule has 0 fully saturated rings. The Morgan fingerprint density at radius 2 is 1.92 bits per heavy atom. The van der Waals surface area contributed by atoms with E-state index in [2.05, 4.69) is 0 Å². The first-order valence-electron chi connectivity index (χ1n) is 7.36. The fraction of sp³-hybridized carbons (Fsp3) is 0.278. The maximum Gasteiger partial charge on any atom is 0.191 e. The van der Waals surface area contributed by atoms with Gasteiger partial charge in [0.15, 0.2) is 5.41 Å². The molecule has 0 aromatic heterocycles. The van der Waals surface area contributed by atoms with Gasteiger partial charge in [0.2, 0.25) is 0 Å². The van der Waals surface area contributed by atoms with Crippen molar-refractivity contribution >= 4 is 11.8 Å². The van der Waals surface area contributed by atoms with Gasteiger partial charge in [-0.1, -0.05) is 24.3 Å². The lowest BCUT2D eigenvalue weighted by Crippen LogP contribution is -2.43. The van der Waals surface area contributed by atoms with Gasteiger partial charge in [-0.2, -0.15) is 27.5 Å². The van der Waals surface area contributed by atoms with Crippen molar-refractivity contribution in [2.45, 2.75) is 5.92 Å². The molecule has 0 radical (unpaired) electrons. The summed E-state index contributed by atoms with van der Waals surface area (Å²) in [5.74, 6) is -0.193. The molecule has 118 valence electrons. The number of nitrogens with two attached hydrogens (primary N) is 1. The normalized spacial score (nSPS) is 24.8. The monoisotopic (exact) mass is 336 g/mol. The molecule has 6 heteroatoms. The summed E-state index contributed by atoms with van der Waals surface area (Å²) in [5.41, 5.74) is 5.49. The molecule has 1 heterocycles. The summed E-state index contributed by atoms with van der Waals surface area (Å²) >= 11 is 1.63. The Hall–Kier alpha value is -2.75. The summed E-state index contributed by atoms with van der Waals surface area (Å²) < 4.78 is 14.5. The van der Waals surface area contributed by atoms with Crippen LogP contribution in [0.2, 0.25) is 0 Å². The average Bonchev–Trinajstić information content (AvgIpc) is 2.62. The Kier molecular flexibility index (Phi) is 4.06. The second kappa shape index (κ2) is 6.04. The van der Waals surface area contributed by atoms with Gasteiger partial charge in [-0.05, 0) is 17.2 Å². The maximum absolute atomic E-state index is 14.5. The van der Waals surface area contributed by atoms with E-state index in [4.69, 9.17) is 5.73 Å². The minimum atomic E-state index is -1.76. The summed E-state index contributed by atoms with van der Waals surface area (Å²) in [6, 6.07) is 12.2. The van der Waals surface area contributed by atoms with Crippen LogP contribution in [-0.4, -0.2) is 11.5 Å². The van der Waals surface area contributed by atoms with Gasteiger partial charge in [-0.15, -0.1) is 0 Å². The van der Waals surface area contributed by atoms with E-state index < -0.39 is 17.2 Å². The highest BCUT2D eigenvalue weighted by molar-refractivity contribution is 7.99. The molecular formula is C18H13FN4S. The summed E-state index contributed by atoms with van der Waals surface area (Å²) in [4.78, 5) is 0. The predicted octanol–water partition coefficient (Wildman–Crippen LogP) is 2.98. The maximum atomic E-state index is 14.5. The van der Waals surface area contributed by atoms with Crippen molar-refractivity contribution in [3.63, 3.8) is 0 Å². The molecule has 0 saturated carbocycles. The molecule has 2 atom stereocenters. The van der Waals surface area contributed by atoms with Crippen LogP contribution in [0.4, 0.5) is 4.39 Å². The molecule has 1 aliphatic heterocycles. The Morgan fingerprint density at radius 3 is 2.54 bits per heavy atom. The molecule has 1 aliphatic carbocycles. The number of allylic oxidation sites excluding steroid dienone is 3. The van der Waals surface area contributed by atoms with Crippen LogP contribution in [-0.2, 0) is 0 Å². The third-order valence-electron chi connectivity index (χ3n) is 4.67. The lowest BCUT2D eigenvalue weighted by atomic mass is 9.59. The fourth-order valence-corrected chi connectivity index (χ4v) is 4.62. The highest BCUT2D eigenvalue weighted by Crippen LogP contribution is 2.55. The number of hydrogen-bond donors (Lipinski definition) is 1. The van der Waals surface area contributed by atoms with E-state index in [1.54, 1.807) is 30.0 Å². The van der Waals surface area contributed by atoms with E-state index in [0.29, 0.717) is 11.3 Å². The molecule has 1 aromatic carbocycles. The van der Waals surface area contributed by atoms with Gasteiger partial charge < -0.3 is 5.73 Å². The highest BCUT2D eigenvalue weighted by atomic mass is 32.2. The Labute approximate surface area is 143 Å². The first-order valence-corrected chi connectivity index (χ1v) is 8.51. The number of nitriles is 3. The van der Waals surface area contributed by atoms with Crippen LogP contribution in [0.1, 0.15) is 11.5 Å². The highest BCUT2D eigenvalue weighted by Gasteiger charge is 2.54. The summed E-state index contributed by atoms with van der Waals surface area (Å²) in [7, 11) is 0. The summed E-state index contributed by atoms with van der Waals surface area (Å²) in [6.07, 6.45) is 1.90. The number of fused-ring (bicyclic) bond motifs is 1. The topological polar surface area (TPSA) is 97.4 Å². The lowest BCUT2D eigenvalue weighted by Gasteiger charge is -2.43. The van der Waals surface area contributed by atoms with E-state index in [0.717, 1.165) is 11.3 Å². The molecule has 24 heavy (non-hydrogen) atoms. The van der Waals surface area contributed by atoms with Gasteiger partial charge in [0.05, 0.1) is 23.4 Å². The smallest absolute Gasteiger partial charge is 0.191 e. The fourth-order valence-electron chi connectivity index (χ4n) is 3.56. The van der Waals surface area contributed by atoms with Crippen LogP contribution < -0.4 is 5.73 Å². The summed E-state index contributed by atoms with van der Waals surface area (Å²) in [5, 5.41) is 29.1. The van der Waals surface area contributed by atoms with E-state index >= 15 is 0 Å². The van der Waals surface area contributed by atoms with Crippen LogP contribution in [0.15, 0.2) is 47.2 Å². The van der Waals surface area contributed by atoms with Crippen LogP contribution in [0.25, 0.3) is 0 Å². The Morgan fingerprint density at radius 1 is 1.21 bits per heavy atom. The molecule has 0 amide bonds. The quantitative estimate of drug-likeness (QED) is 0.850. The molecular weight excluding hydrogens is 323 g/mol. The van der Waals surface area contributed by atoms with Crippen molar-refractivity contribution in [3.05, 3.63) is 58.6 Å². The molecule has 0 spiro atoms. The zero-order valence-corrected chi connectivity index (χ0v) is 13.5. The Balaban J connectivity index is 2.37. The molecule has 2 aliphatic rings. The number of hydrogen-bond acceptors (Lipinski definition) is 5. The molecule has 1 aromatic rings. The van der Waals surface area contributed by atoms with Crippen molar-refractivity contribution in [2.75, 3.05) is 11.5 Å². The zero-order chi connectivity index (χ0) is 17.3. The first kappa shape index (κ1) is 16.1. The van der Waals surface area contributed by atoms with E-state index in [9.17, 15) is 20.2 Å².